The first-order valence-electron chi connectivity index (χ1n) is 7.87. The standard InChI is InChI=1S/C19H18F3NO2/c1-12-8-9-15-13(10-12)11-16(17(24)25-2)18(15,19(20,21)22)23-14-6-4-3-5-7-14/h3-10,16,23H,11H2,1-2H3/t16-,18-/m1/s1. The second kappa shape index (κ2) is 6.10. The second-order valence-corrected chi connectivity index (χ2v) is 6.24. The second-order valence-electron chi connectivity index (χ2n) is 6.24. The van der Waals surface area contributed by atoms with E-state index in [0.717, 1.165) is 12.7 Å². The number of carbonyl (C=O) groups excluding carboxylic acids is 1. The van der Waals surface area contributed by atoms with Crippen LogP contribution in [0, 0.1) is 12.8 Å². The highest BCUT2D eigenvalue weighted by atomic mass is 19.4. The highest BCUT2D eigenvalue weighted by Gasteiger charge is 2.66. The lowest BCUT2D eigenvalue weighted by atomic mass is 9.82. The Labute approximate surface area is 143 Å². The van der Waals surface area contributed by atoms with Gasteiger partial charge in [0.15, 0.2) is 5.54 Å². The Bertz CT molecular complexity index is 789. The Balaban J connectivity index is 2.23. The fraction of sp³-hybridized carbons (Fsp3) is 0.316. The third-order valence-electron chi connectivity index (χ3n) is 4.68. The summed E-state index contributed by atoms with van der Waals surface area (Å²) in [5.41, 5.74) is -0.798. The first-order chi connectivity index (χ1) is 11.8. The largest absolute Gasteiger partial charge is 0.469 e. The molecule has 3 nitrogen and oxygen atoms in total. The number of hydrogen-bond donors (Lipinski definition) is 1. The van der Waals surface area contributed by atoms with E-state index < -0.39 is 23.6 Å². The van der Waals surface area contributed by atoms with Gasteiger partial charge >= 0.3 is 12.1 Å². The number of benzene rings is 2. The number of rotatable bonds is 3. The lowest BCUT2D eigenvalue weighted by Crippen LogP contribution is -2.55. The van der Waals surface area contributed by atoms with Crippen LogP contribution in [-0.4, -0.2) is 19.3 Å². The van der Waals surface area contributed by atoms with Crippen molar-refractivity contribution in [1.29, 1.82) is 0 Å². The number of para-hydroxylation sites is 1. The molecule has 0 saturated heterocycles. The van der Waals surface area contributed by atoms with Crippen molar-refractivity contribution in [3.63, 3.8) is 0 Å². The molecular weight excluding hydrogens is 331 g/mol. The molecule has 25 heavy (non-hydrogen) atoms. The van der Waals surface area contributed by atoms with Crippen LogP contribution in [0.25, 0.3) is 0 Å². The zero-order valence-electron chi connectivity index (χ0n) is 13.9. The average molecular weight is 349 g/mol. The maximum atomic E-state index is 14.4. The summed E-state index contributed by atoms with van der Waals surface area (Å²) in [6.07, 6.45) is -4.72. The maximum absolute atomic E-state index is 14.4. The van der Waals surface area contributed by atoms with E-state index >= 15 is 0 Å². The molecule has 0 bridgehead atoms. The molecular formula is C19H18F3NO2. The molecule has 0 amide bonds. The van der Waals surface area contributed by atoms with Crippen molar-refractivity contribution in [2.45, 2.75) is 25.1 Å². The molecule has 3 rings (SSSR count). The fourth-order valence-electron chi connectivity index (χ4n) is 3.56. The van der Waals surface area contributed by atoms with Crippen molar-refractivity contribution in [3.8, 4) is 0 Å². The van der Waals surface area contributed by atoms with Gasteiger partial charge in [0.25, 0.3) is 0 Å². The minimum atomic E-state index is -4.69. The Kier molecular flexibility index (Phi) is 4.22. The summed E-state index contributed by atoms with van der Waals surface area (Å²) in [7, 11) is 1.11. The van der Waals surface area contributed by atoms with Crippen LogP contribution < -0.4 is 5.32 Å². The van der Waals surface area contributed by atoms with Crippen molar-refractivity contribution in [3.05, 3.63) is 65.2 Å². The minimum absolute atomic E-state index is 0.0248. The SMILES string of the molecule is COC(=O)[C@H]1Cc2cc(C)ccc2[C@]1(Nc1ccccc1)C(F)(F)F. The van der Waals surface area contributed by atoms with Gasteiger partial charge in [0.2, 0.25) is 0 Å². The summed E-state index contributed by atoms with van der Waals surface area (Å²) < 4.78 is 47.8. The molecule has 2 aromatic carbocycles. The van der Waals surface area contributed by atoms with E-state index in [2.05, 4.69) is 5.32 Å². The smallest absolute Gasteiger partial charge is 0.416 e. The normalized spacial score (nSPS) is 22.4. The van der Waals surface area contributed by atoms with Gasteiger partial charge in [-0.1, -0.05) is 42.0 Å². The number of carbonyl (C=O) groups is 1. The molecule has 2 aromatic rings. The molecule has 6 heteroatoms. The molecule has 1 aliphatic rings. The Morgan fingerprint density at radius 2 is 1.88 bits per heavy atom. The summed E-state index contributed by atoms with van der Waals surface area (Å²) in [6, 6.07) is 12.9. The monoisotopic (exact) mass is 349 g/mol. The lowest BCUT2D eigenvalue weighted by Gasteiger charge is -2.38. The van der Waals surface area contributed by atoms with Crippen molar-refractivity contribution in [2.24, 2.45) is 5.92 Å². The number of anilines is 1. The van der Waals surface area contributed by atoms with Crippen LogP contribution in [0.2, 0.25) is 0 Å². The Morgan fingerprint density at radius 3 is 2.48 bits per heavy atom. The van der Waals surface area contributed by atoms with Crippen molar-refractivity contribution in [2.75, 3.05) is 12.4 Å². The van der Waals surface area contributed by atoms with Crippen LogP contribution in [0.15, 0.2) is 48.5 Å². The van der Waals surface area contributed by atoms with Gasteiger partial charge < -0.3 is 10.1 Å². The van der Waals surface area contributed by atoms with Crippen LogP contribution in [-0.2, 0) is 21.5 Å². The third kappa shape index (κ3) is 2.75. The summed E-state index contributed by atoms with van der Waals surface area (Å²) in [4.78, 5) is 12.3. The summed E-state index contributed by atoms with van der Waals surface area (Å²) in [5, 5.41) is 2.61. The highest BCUT2D eigenvalue weighted by molar-refractivity contribution is 5.78. The van der Waals surface area contributed by atoms with Gasteiger partial charge in [-0.15, -0.1) is 0 Å². The van der Waals surface area contributed by atoms with Crippen molar-refractivity contribution < 1.29 is 22.7 Å². The zero-order chi connectivity index (χ0) is 18.2. The van der Waals surface area contributed by atoms with Gasteiger partial charge in [-0.05, 0) is 36.6 Å². The first kappa shape index (κ1) is 17.3. The van der Waals surface area contributed by atoms with Gasteiger partial charge in [-0.2, -0.15) is 13.2 Å². The number of esters is 1. The molecule has 0 spiro atoms. The summed E-state index contributed by atoms with van der Waals surface area (Å²) in [5.74, 6) is -2.27. The molecule has 1 aliphatic carbocycles. The average Bonchev–Trinajstić information content (AvgIpc) is 2.89. The number of fused-ring (bicyclic) bond motifs is 1. The molecule has 0 unspecified atom stereocenters. The van der Waals surface area contributed by atoms with Gasteiger partial charge in [0, 0.05) is 5.69 Å². The lowest BCUT2D eigenvalue weighted by molar-refractivity contribution is -0.201. The van der Waals surface area contributed by atoms with Crippen LogP contribution >= 0.6 is 0 Å². The molecule has 2 atom stereocenters. The van der Waals surface area contributed by atoms with Crippen LogP contribution in [0.5, 0.6) is 0 Å². The third-order valence-corrected chi connectivity index (χ3v) is 4.68. The van der Waals surface area contributed by atoms with Gasteiger partial charge in [-0.25, -0.2) is 0 Å². The Morgan fingerprint density at radius 1 is 1.20 bits per heavy atom. The molecule has 132 valence electrons. The van der Waals surface area contributed by atoms with Crippen molar-refractivity contribution in [1.82, 2.24) is 0 Å². The quantitative estimate of drug-likeness (QED) is 0.844. The fourth-order valence-corrected chi connectivity index (χ4v) is 3.56. The number of hydrogen-bond acceptors (Lipinski definition) is 3. The van der Waals surface area contributed by atoms with E-state index in [1.807, 2.05) is 6.92 Å². The number of halogens is 3. The number of alkyl halides is 3. The molecule has 0 aromatic heterocycles. The van der Waals surface area contributed by atoms with Crippen LogP contribution in [0.1, 0.15) is 16.7 Å². The van der Waals surface area contributed by atoms with Gasteiger partial charge in [-0.3, -0.25) is 4.79 Å². The topological polar surface area (TPSA) is 38.3 Å². The predicted octanol–water partition coefficient (Wildman–Crippen LogP) is 4.21. The molecule has 0 fully saturated rings. The predicted molar refractivity (Wildman–Crippen MR) is 88.2 cm³/mol. The number of methoxy groups -OCH3 is 1. The molecule has 0 aliphatic heterocycles. The van der Waals surface area contributed by atoms with Gasteiger partial charge in [0.1, 0.15) is 0 Å². The first-order valence-corrected chi connectivity index (χ1v) is 7.87. The van der Waals surface area contributed by atoms with Crippen LogP contribution in [0.4, 0.5) is 18.9 Å². The van der Waals surface area contributed by atoms with E-state index in [4.69, 9.17) is 4.74 Å². The molecule has 0 heterocycles. The highest BCUT2D eigenvalue weighted by Crippen LogP contribution is 2.53. The summed E-state index contributed by atoms with van der Waals surface area (Å²) >= 11 is 0. The number of aryl methyl sites for hydroxylation is 1. The van der Waals surface area contributed by atoms with Crippen molar-refractivity contribution >= 4 is 11.7 Å². The molecule has 0 saturated carbocycles. The van der Waals surface area contributed by atoms with Crippen LogP contribution in [0.3, 0.4) is 0 Å². The minimum Gasteiger partial charge on any atom is -0.469 e. The van der Waals surface area contributed by atoms with E-state index in [0.29, 0.717) is 11.3 Å². The zero-order valence-corrected chi connectivity index (χ0v) is 13.9. The summed E-state index contributed by atoms with van der Waals surface area (Å²) in [6.45, 7) is 1.81. The van der Waals surface area contributed by atoms with E-state index in [1.54, 1.807) is 42.5 Å². The molecule has 1 N–H and O–H groups in total. The number of nitrogens with one attached hydrogen (secondary N) is 1. The van der Waals surface area contributed by atoms with E-state index in [-0.39, 0.29) is 12.0 Å². The van der Waals surface area contributed by atoms with E-state index in [9.17, 15) is 18.0 Å². The van der Waals surface area contributed by atoms with E-state index in [1.165, 1.54) is 6.07 Å². The molecule has 0 radical (unpaired) electrons. The Hall–Kier alpha value is -2.50. The maximum Gasteiger partial charge on any atom is 0.416 e. The van der Waals surface area contributed by atoms with Gasteiger partial charge in [0.05, 0.1) is 13.0 Å². The number of ether oxygens (including phenoxy) is 1.